The van der Waals surface area contributed by atoms with E-state index in [1.54, 1.807) is 20.0 Å². The number of rotatable bonds is 6. The van der Waals surface area contributed by atoms with Crippen LogP contribution in [0, 0.1) is 5.41 Å². The molecule has 96 valence electrons. The molecule has 0 saturated heterocycles. The molecule has 1 aromatic rings. The largest absolute Gasteiger partial charge is 0.481 e. The number of nitrogens with zero attached hydrogens (tertiary/aromatic N) is 2. The lowest BCUT2D eigenvalue weighted by Crippen LogP contribution is -2.31. The zero-order valence-electron chi connectivity index (χ0n) is 10.9. The molecule has 0 fully saturated rings. The Kier molecular flexibility index (Phi) is 4.28. The highest BCUT2D eigenvalue weighted by Gasteiger charge is 2.28. The molecule has 5 heteroatoms. The van der Waals surface area contributed by atoms with Gasteiger partial charge in [0, 0.05) is 25.0 Å². The highest BCUT2D eigenvalue weighted by Crippen LogP contribution is 2.19. The van der Waals surface area contributed by atoms with Crippen LogP contribution < -0.4 is 5.32 Å². The Balaban J connectivity index is 2.72. The molecule has 0 aliphatic rings. The molecular weight excluding hydrogens is 218 g/mol. The van der Waals surface area contributed by atoms with Crippen LogP contribution >= 0.6 is 0 Å². The fraction of sp³-hybridized carbons (Fsp3) is 0.667. The molecule has 0 aromatic carbocycles. The van der Waals surface area contributed by atoms with Crippen molar-refractivity contribution in [1.82, 2.24) is 14.9 Å². The lowest BCUT2D eigenvalue weighted by molar-refractivity contribution is -0.147. The first-order chi connectivity index (χ1) is 7.83. The fourth-order valence-electron chi connectivity index (χ4n) is 1.44. The van der Waals surface area contributed by atoms with Crippen molar-refractivity contribution in [3.63, 3.8) is 0 Å². The first-order valence-electron chi connectivity index (χ1n) is 5.79. The van der Waals surface area contributed by atoms with Crippen molar-refractivity contribution >= 4 is 5.97 Å². The molecule has 0 saturated carbocycles. The topological polar surface area (TPSA) is 67.2 Å². The Hall–Kier alpha value is -1.36. The zero-order valence-corrected chi connectivity index (χ0v) is 10.9. The highest BCUT2D eigenvalue weighted by molar-refractivity contribution is 5.73. The Labute approximate surface area is 102 Å². The summed E-state index contributed by atoms with van der Waals surface area (Å²) in [4.78, 5) is 15.3. The van der Waals surface area contributed by atoms with E-state index in [0.717, 1.165) is 5.82 Å². The van der Waals surface area contributed by atoms with Gasteiger partial charge in [-0.15, -0.1) is 0 Å². The smallest absolute Gasteiger partial charge is 0.310 e. The van der Waals surface area contributed by atoms with Crippen molar-refractivity contribution < 1.29 is 9.90 Å². The normalized spacial score (nSPS) is 12.1. The molecule has 5 nitrogen and oxygen atoms in total. The standard InChI is InChI=1S/C12H21N3O2/c1-9(2)14-7-10-13-5-6-15(10)8-12(3,4)11(16)17/h5-6,9,14H,7-8H2,1-4H3,(H,16,17). The molecule has 0 aliphatic heterocycles. The maximum absolute atomic E-state index is 11.1. The van der Waals surface area contributed by atoms with Gasteiger partial charge in [0.25, 0.3) is 0 Å². The summed E-state index contributed by atoms with van der Waals surface area (Å²) in [6, 6.07) is 0.382. The number of nitrogens with one attached hydrogen (secondary N) is 1. The van der Waals surface area contributed by atoms with Crippen molar-refractivity contribution in [2.24, 2.45) is 5.41 Å². The Bertz CT molecular complexity index is 383. The predicted octanol–water partition coefficient (Wildman–Crippen LogP) is 1.49. The number of carboxylic acid groups (broad SMARTS) is 1. The minimum Gasteiger partial charge on any atom is -0.481 e. The van der Waals surface area contributed by atoms with E-state index < -0.39 is 11.4 Å². The van der Waals surface area contributed by atoms with Crippen molar-refractivity contribution in [1.29, 1.82) is 0 Å². The van der Waals surface area contributed by atoms with Crippen molar-refractivity contribution in [3.05, 3.63) is 18.2 Å². The summed E-state index contributed by atoms with van der Waals surface area (Å²) in [5.74, 6) is 0.0713. The lowest BCUT2D eigenvalue weighted by atomic mass is 9.94. The molecule has 0 spiro atoms. The van der Waals surface area contributed by atoms with E-state index in [2.05, 4.69) is 24.1 Å². The van der Waals surface area contributed by atoms with Crippen LogP contribution in [0.3, 0.4) is 0 Å². The van der Waals surface area contributed by atoms with Gasteiger partial charge in [0.15, 0.2) is 0 Å². The Morgan fingerprint density at radius 2 is 2.24 bits per heavy atom. The highest BCUT2D eigenvalue weighted by atomic mass is 16.4. The lowest BCUT2D eigenvalue weighted by Gasteiger charge is -2.21. The van der Waals surface area contributed by atoms with Crippen LogP contribution in [0.25, 0.3) is 0 Å². The molecule has 0 aliphatic carbocycles. The van der Waals surface area contributed by atoms with E-state index in [1.807, 2.05) is 10.8 Å². The van der Waals surface area contributed by atoms with Gasteiger partial charge in [-0.1, -0.05) is 13.8 Å². The van der Waals surface area contributed by atoms with Crippen LogP contribution in [0.5, 0.6) is 0 Å². The minimum absolute atomic E-state index is 0.382. The van der Waals surface area contributed by atoms with Crippen molar-refractivity contribution in [2.75, 3.05) is 0 Å². The number of carboxylic acids is 1. The maximum Gasteiger partial charge on any atom is 0.310 e. The van der Waals surface area contributed by atoms with E-state index in [4.69, 9.17) is 5.11 Å². The van der Waals surface area contributed by atoms with Gasteiger partial charge in [0.1, 0.15) is 5.82 Å². The molecule has 0 radical (unpaired) electrons. The number of carbonyl (C=O) groups is 1. The molecule has 0 atom stereocenters. The SMILES string of the molecule is CC(C)NCc1nccn1CC(C)(C)C(=O)O. The summed E-state index contributed by atoms with van der Waals surface area (Å²) in [5.41, 5.74) is -0.784. The average Bonchev–Trinajstić information content (AvgIpc) is 2.61. The quantitative estimate of drug-likeness (QED) is 0.789. The molecule has 0 unspecified atom stereocenters. The van der Waals surface area contributed by atoms with Crippen LogP contribution in [0.2, 0.25) is 0 Å². The summed E-state index contributed by atoms with van der Waals surface area (Å²) in [6.45, 7) is 8.64. The second-order valence-corrected chi connectivity index (χ2v) is 5.20. The van der Waals surface area contributed by atoms with Gasteiger partial charge < -0.3 is 15.0 Å². The first-order valence-corrected chi connectivity index (χ1v) is 5.79. The summed E-state index contributed by atoms with van der Waals surface area (Å²) in [7, 11) is 0. The molecule has 1 rings (SSSR count). The van der Waals surface area contributed by atoms with Gasteiger partial charge >= 0.3 is 5.97 Å². The molecule has 2 N–H and O–H groups in total. The molecule has 1 aromatic heterocycles. The van der Waals surface area contributed by atoms with E-state index in [-0.39, 0.29) is 0 Å². The third kappa shape index (κ3) is 3.85. The minimum atomic E-state index is -0.797. The molecule has 1 heterocycles. The van der Waals surface area contributed by atoms with Gasteiger partial charge in [-0.25, -0.2) is 4.98 Å². The molecule has 0 bridgehead atoms. The fourth-order valence-corrected chi connectivity index (χ4v) is 1.44. The van der Waals surface area contributed by atoms with Crippen molar-refractivity contribution in [2.45, 2.75) is 46.8 Å². The Morgan fingerprint density at radius 3 is 2.76 bits per heavy atom. The number of aliphatic carboxylic acids is 1. The van der Waals surface area contributed by atoms with E-state index in [1.165, 1.54) is 0 Å². The van der Waals surface area contributed by atoms with E-state index in [9.17, 15) is 4.79 Å². The second-order valence-electron chi connectivity index (χ2n) is 5.20. The second kappa shape index (κ2) is 5.31. The third-order valence-corrected chi connectivity index (χ3v) is 2.61. The third-order valence-electron chi connectivity index (χ3n) is 2.61. The van der Waals surface area contributed by atoms with Gasteiger partial charge in [0.05, 0.1) is 12.0 Å². The van der Waals surface area contributed by atoms with Crippen LogP contribution in [0.15, 0.2) is 12.4 Å². The maximum atomic E-state index is 11.1. The van der Waals surface area contributed by atoms with Crippen molar-refractivity contribution in [3.8, 4) is 0 Å². The van der Waals surface area contributed by atoms with Crippen LogP contribution in [-0.2, 0) is 17.9 Å². The number of hydrogen-bond acceptors (Lipinski definition) is 3. The summed E-state index contributed by atoms with van der Waals surface area (Å²) in [6.07, 6.45) is 3.53. The Morgan fingerprint density at radius 1 is 1.59 bits per heavy atom. The summed E-state index contributed by atoms with van der Waals surface area (Å²) < 4.78 is 1.89. The van der Waals surface area contributed by atoms with Gasteiger partial charge in [-0.3, -0.25) is 4.79 Å². The number of aromatic nitrogens is 2. The molecule has 17 heavy (non-hydrogen) atoms. The van der Waals surface area contributed by atoms with Crippen LogP contribution in [0.4, 0.5) is 0 Å². The summed E-state index contributed by atoms with van der Waals surface area (Å²) in [5, 5.41) is 12.4. The van der Waals surface area contributed by atoms with E-state index >= 15 is 0 Å². The van der Waals surface area contributed by atoms with Gasteiger partial charge in [-0.2, -0.15) is 0 Å². The molecule has 0 amide bonds. The van der Waals surface area contributed by atoms with Gasteiger partial charge in [-0.05, 0) is 13.8 Å². The van der Waals surface area contributed by atoms with Crippen LogP contribution in [-0.4, -0.2) is 26.7 Å². The summed E-state index contributed by atoms with van der Waals surface area (Å²) >= 11 is 0. The van der Waals surface area contributed by atoms with Gasteiger partial charge in [0.2, 0.25) is 0 Å². The number of imidazole rings is 1. The monoisotopic (exact) mass is 239 g/mol. The predicted molar refractivity (Wildman–Crippen MR) is 65.6 cm³/mol. The average molecular weight is 239 g/mol. The number of hydrogen-bond donors (Lipinski definition) is 2. The van der Waals surface area contributed by atoms with Crippen LogP contribution in [0.1, 0.15) is 33.5 Å². The zero-order chi connectivity index (χ0) is 13.1. The van der Waals surface area contributed by atoms with E-state index in [0.29, 0.717) is 19.1 Å². The molecular formula is C12H21N3O2. The first kappa shape index (κ1) is 13.7.